The Kier molecular flexibility index (Phi) is 7.11. The number of hydrogen-bond donors (Lipinski definition) is 0. The topological polar surface area (TPSA) is 43.6 Å². The maximum absolute atomic E-state index is 5.24. The van der Waals surface area contributed by atoms with Gasteiger partial charge in [0.05, 0.1) is 11.2 Å². The van der Waals surface area contributed by atoms with E-state index in [9.17, 15) is 0 Å². The zero-order chi connectivity index (χ0) is 34.5. The normalized spacial score (nSPS) is 12.8. The molecule has 10 rings (SSSR count). The van der Waals surface area contributed by atoms with E-state index in [2.05, 4.69) is 162 Å². The van der Waals surface area contributed by atoms with Crippen molar-refractivity contribution in [1.29, 1.82) is 0 Å². The standard InChI is InChI=1S/C47H32N4Si/c1-6-19-33(20-7-1)45-48-46(34-21-8-2-9-22-34)50-47(49-45)40-31-18-30-39-42(40)51(35-23-10-3-11-24-35)43-38-29-16-17-32-41(38)52(44(39)43,36-25-12-4-13-26-36)37-27-14-5-15-28-37/h1-32H. The minimum absolute atomic E-state index is 0.645. The molecule has 5 heteroatoms. The molecule has 0 N–H and O–H groups in total. The summed E-state index contributed by atoms with van der Waals surface area (Å²) in [7, 11) is -2.83. The van der Waals surface area contributed by atoms with Crippen LogP contribution in [-0.2, 0) is 0 Å². The molecule has 9 aromatic rings. The van der Waals surface area contributed by atoms with Crippen molar-refractivity contribution in [1.82, 2.24) is 19.5 Å². The van der Waals surface area contributed by atoms with E-state index in [0.717, 1.165) is 27.9 Å². The van der Waals surface area contributed by atoms with Gasteiger partial charge in [0.2, 0.25) is 0 Å². The van der Waals surface area contributed by atoms with Gasteiger partial charge in [0.15, 0.2) is 25.5 Å². The fraction of sp³-hybridized carbons (Fsp3) is 0. The van der Waals surface area contributed by atoms with Crippen molar-refractivity contribution < 1.29 is 0 Å². The molecule has 0 saturated carbocycles. The van der Waals surface area contributed by atoms with Gasteiger partial charge in [-0.25, -0.2) is 15.0 Å². The summed E-state index contributed by atoms with van der Waals surface area (Å²) in [6, 6.07) is 69.3. The molecule has 0 atom stereocenters. The van der Waals surface area contributed by atoms with Gasteiger partial charge in [-0.05, 0) is 44.5 Å². The van der Waals surface area contributed by atoms with Crippen LogP contribution in [0.25, 0.3) is 62.0 Å². The summed E-state index contributed by atoms with van der Waals surface area (Å²) in [5.74, 6) is 1.94. The maximum atomic E-state index is 5.24. The van der Waals surface area contributed by atoms with E-state index in [1.54, 1.807) is 0 Å². The second kappa shape index (κ2) is 12.3. The molecule has 0 radical (unpaired) electrons. The molecule has 2 aromatic heterocycles. The SMILES string of the molecule is c1ccc(-c2nc(-c3ccccc3)nc(-c3cccc4c5c(n(-c6ccccc6)c34)-c3ccccc3[Si]5(c3ccccc3)c3ccccc3)n2)cc1. The maximum Gasteiger partial charge on any atom is 0.183 e. The predicted molar refractivity (Wildman–Crippen MR) is 216 cm³/mol. The van der Waals surface area contributed by atoms with Crippen molar-refractivity contribution in [3.05, 3.63) is 194 Å². The first-order valence-corrected chi connectivity index (χ1v) is 19.6. The summed E-state index contributed by atoms with van der Waals surface area (Å²) in [6.45, 7) is 0. The molecular weight excluding hydrogens is 649 g/mol. The number of fused-ring (bicyclic) bond motifs is 5. The molecule has 4 nitrogen and oxygen atoms in total. The third-order valence-electron chi connectivity index (χ3n) is 10.3. The summed E-state index contributed by atoms with van der Waals surface area (Å²) in [5.41, 5.74) is 7.57. The van der Waals surface area contributed by atoms with E-state index in [-0.39, 0.29) is 0 Å². The van der Waals surface area contributed by atoms with Crippen LogP contribution in [0.3, 0.4) is 0 Å². The van der Waals surface area contributed by atoms with Crippen molar-refractivity contribution in [3.8, 4) is 51.1 Å². The lowest BCUT2D eigenvalue weighted by atomic mass is 10.1. The summed E-state index contributed by atoms with van der Waals surface area (Å²) < 4.78 is 2.48. The largest absolute Gasteiger partial charge is 0.309 e. The number of benzene rings is 7. The molecule has 0 aliphatic carbocycles. The van der Waals surface area contributed by atoms with Gasteiger partial charge >= 0.3 is 0 Å². The number of rotatable bonds is 6. The van der Waals surface area contributed by atoms with E-state index < -0.39 is 8.07 Å². The number of para-hydroxylation sites is 2. The third kappa shape index (κ3) is 4.57. The Morgan fingerprint density at radius 3 is 1.42 bits per heavy atom. The van der Waals surface area contributed by atoms with Crippen LogP contribution in [0, 0.1) is 0 Å². The molecule has 0 saturated heterocycles. The van der Waals surface area contributed by atoms with Gasteiger partial charge in [0, 0.05) is 27.8 Å². The molecule has 0 fully saturated rings. The quantitative estimate of drug-likeness (QED) is 0.167. The van der Waals surface area contributed by atoms with Crippen molar-refractivity contribution in [2.75, 3.05) is 0 Å². The molecule has 3 heterocycles. The molecule has 0 unspecified atom stereocenters. The van der Waals surface area contributed by atoms with Crippen molar-refractivity contribution in [2.24, 2.45) is 0 Å². The van der Waals surface area contributed by atoms with Crippen LogP contribution in [0.2, 0.25) is 0 Å². The highest BCUT2D eigenvalue weighted by molar-refractivity contribution is 7.23. The van der Waals surface area contributed by atoms with E-state index in [1.807, 2.05) is 36.4 Å². The van der Waals surface area contributed by atoms with E-state index in [1.165, 1.54) is 37.4 Å². The zero-order valence-corrected chi connectivity index (χ0v) is 29.3. The Balaban J connectivity index is 1.37. The predicted octanol–water partition coefficient (Wildman–Crippen LogP) is 8.17. The van der Waals surface area contributed by atoms with Gasteiger partial charge in [-0.15, -0.1) is 0 Å². The molecule has 0 bridgehead atoms. The first-order chi connectivity index (χ1) is 25.8. The van der Waals surface area contributed by atoms with E-state index >= 15 is 0 Å². The van der Waals surface area contributed by atoms with Crippen LogP contribution in [0.1, 0.15) is 0 Å². The van der Waals surface area contributed by atoms with E-state index in [4.69, 9.17) is 15.0 Å². The second-order valence-electron chi connectivity index (χ2n) is 13.2. The van der Waals surface area contributed by atoms with Crippen LogP contribution < -0.4 is 20.7 Å². The lowest BCUT2D eigenvalue weighted by Gasteiger charge is -2.31. The Bertz CT molecular complexity index is 2610. The lowest BCUT2D eigenvalue weighted by molar-refractivity contribution is 1.07. The van der Waals surface area contributed by atoms with Crippen molar-refractivity contribution >= 4 is 39.7 Å². The Labute approximate surface area is 303 Å². The summed E-state index contributed by atoms with van der Waals surface area (Å²) in [5, 5.41) is 6.75. The fourth-order valence-electron chi connectivity index (χ4n) is 8.21. The molecular formula is C47H32N4Si. The fourth-order valence-corrected chi connectivity index (χ4v) is 13.6. The minimum atomic E-state index is -2.83. The summed E-state index contributed by atoms with van der Waals surface area (Å²) in [4.78, 5) is 15.5. The third-order valence-corrected chi connectivity index (χ3v) is 15.2. The highest BCUT2D eigenvalue weighted by atomic mass is 28.3. The molecule has 52 heavy (non-hydrogen) atoms. The number of aromatic nitrogens is 4. The van der Waals surface area contributed by atoms with Gasteiger partial charge in [0.1, 0.15) is 0 Å². The van der Waals surface area contributed by atoms with Gasteiger partial charge in [-0.3, -0.25) is 0 Å². The monoisotopic (exact) mass is 680 g/mol. The van der Waals surface area contributed by atoms with Crippen LogP contribution in [-0.4, -0.2) is 27.6 Å². The number of nitrogens with zero attached hydrogens (tertiary/aromatic N) is 4. The van der Waals surface area contributed by atoms with Crippen LogP contribution in [0.4, 0.5) is 0 Å². The molecule has 244 valence electrons. The lowest BCUT2D eigenvalue weighted by Crippen LogP contribution is -2.72. The Morgan fingerprint density at radius 1 is 0.385 bits per heavy atom. The van der Waals surface area contributed by atoms with Crippen LogP contribution in [0.15, 0.2) is 194 Å². The second-order valence-corrected chi connectivity index (χ2v) is 16.9. The summed E-state index contributed by atoms with van der Waals surface area (Å²) >= 11 is 0. The van der Waals surface area contributed by atoms with Crippen molar-refractivity contribution in [3.63, 3.8) is 0 Å². The van der Waals surface area contributed by atoms with Gasteiger partial charge in [-0.2, -0.15) is 0 Å². The molecule has 1 aliphatic rings. The van der Waals surface area contributed by atoms with Crippen LogP contribution in [0.5, 0.6) is 0 Å². The average molecular weight is 681 g/mol. The first-order valence-electron chi connectivity index (χ1n) is 17.6. The molecule has 0 amide bonds. The Morgan fingerprint density at radius 2 is 0.846 bits per heavy atom. The Hall–Kier alpha value is -6.69. The molecule has 7 aromatic carbocycles. The first kappa shape index (κ1) is 30.2. The smallest absolute Gasteiger partial charge is 0.183 e. The molecule has 0 spiro atoms. The number of hydrogen-bond acceptors (Lipinski definition) is 3. The van der Waals surface area contributed by atoms with E-state index in [0.29, 0.717) is 17.5 Å². The van der Waals surface area contributed by atoms with Gasteiger partial charge in [-0.1, -0.05) is 176 Å². The van der Waals surface area contributed by atoms with Gasteiger partial charge < -0.3 is 4.57 Å². The van der Waals surface area contributed by atoms with Crippen LogP contribution >= 0.6 is 0 Å². The molecule has 1 aliphatic heterocycles. The van der Waals surface area contributed by atoms with Crippen molar-refractivity contribution in [2.45, 2.75) is 0 Å². The van der Waals surface area contributed by atoms with Gasteiger partial charge in [0.25, 0.3) is 0 Å². The highest BCUT2D eigenvalue weighted by Gasteiger charge is 2.52. The summed E-state index contributed by atoms with van der Waals surface area (Å²) in [6.07, 6.45) is 0. The minimum Gasteiger partial charge on any atom is -0.309 e. The highest BCUT2D eigenvalue weighted by Crippen LogP contribution is 2.40. The average Bonchev–Trinajstić information content (AvgIpc) is 3.74. The zero-order valence-electron chi connectivity index (χ0n) is 28.3.